The summed E-state index contributed by atoms with van der Waals surface area (Å²) in [6.07, 6.45) is -0.106. The molecule has 3 atom stereocenters. The fourth-order valence-electron chi connectivity index (χ4n) is 3.59. The zero-order chi connectivity index (χ0) is 26.4. The first-order valence-electron chi connectivity index (χ1n) is 11.3. The SMILES string of the molecule is COc1cc(O)c2c(c1C)C(=O)O[C@@H](OC(=O)[C@H](C)N)CCCC(=S)N[C@H](c1nc(C)no1)CSC2. The number of nitrogens with zero attached hydrogens (tertiary/aromatic N) is 2. The summed E-state index contributed by atoms with van der Waals surface area (Å²) in [6, 6.07) is 0.174. The number of carbonyl (C=O) groups excluding carboxylic acids is 2. The highest BCUT2D eigenvalue weighted by atomic mass is 32.2. The van der Waals surface area contributed by atoms with Gasteiger partial charge in [0.25, 0.3) is 0 Å². The van der Waals surface area contributed by atoms with Crippen molar-refractivity contribution >= 4 is 40.9 Å². The normalized spacial score (nSPS) is 20.4. The minimum Gasteiger partial charge on any atom is -0.507 e. The van der Waals surface area contributed by atoms with Gasteiger partial charge >= 0.3 is 11.9 Å². The van der Waals surface area contributed by atoms with Gasteiger partial charge in [-0.3, -0.25) is 4.79 Å². The van der Waals surface area contributed by atoms with Crippen LogP contribution in [0, 0.1) is 13.8 Å². The lowest BCUT2D eigenvalue weighted by atomic mass is 10.0. The molecule has 0 saturated heterocycles. The van der Waals surface area contributed by atoms with Gasteiger partial charge in [0, 0.05) is 35.1 Å². The Hall–Kier alpha value is -2.90. The molecule has 0 bridgehead atoms. The highest BCUT2D eigenvalue weighted by molar-refractivity contribution is 7.98. The molecule has 0 unspecified atom stereocenters. The summed E-state index contributed by atoms with van der Waals surface area (Å²) in [6.45, 7) is 4.89. The maximum Gasteiger partial charge on any atom is 0.342 e. The number of hydrogen-bond donors (Lipinski definition) is 3. The van der Waals surface area contributed by atoms with Crippen LogP contribution in [0.15, 0.2) is 10.6 Å². The zero-order valence-corrected chi connectivity index (χ0v) is 22.2. The van der Waals surface area contributed by atoms with Crippen LogP contribution in [0.5, 0.6) is 11.5 Å². The number of ether oxygens (including phenoxy) is 3. The van der Waals surface area contributed by atoms with Gasteiger partial charge in [0.1, 0.15) is 23.6 Å². The molecular formula is C23H30N4O7S2. The van der Waals surface area contributed by atoms with Crippen molar-refractivity contribution in [2.75, 3.05) is 12.9 Å². The van der Waals surface area contributed by atoms with E-state index in [9.17, 15) is 14.7 Å². The van der Waals surface area contributed by atoms with Crippen molar-refractivity contribution in [3.8, 4) is 11.5 Å². The second-order valence-electron chi connectivity index (χ2n) is 8.34. The summed E-state index contributed by atoms with van der Waals surface area (Å²) in [5.41, 5.74) is 6.63. The molecule has 2 aromatic rings. The van der Waals surface area contributed by atoms with Gasteiger partial charge in [-0.05, 0) is 33.6 Å². The van der Waals surface area contributed by atoms with Crippen molar-refractivity contribution < 1.29 is 33.4 Å². The molecule has 13 heteroatoms. The number of thioether (sulfide) groups is 1. The maximum atomic E-state index is 13.3. The standard InChI is InChI=1S/C23H30N4O7S2/c1-11-17(31-4)8-16(28)14-9-36-10-15(21-25-13(3)27-34-21)26-18(35)6-5-7-19(32-22(29)12(2)24)33-23(30)20(11)14/h8,12,15,19,28H,5-7,9-10,24H2,1-4H3,(H,26,35)/t12-,15-,19+/m0/s1. The lowest BCUT2D eigenvalue weighted by Crippen LogP contribution is -2.35. The number of esters is 2. The van der Waals surface area contributed by atoms with E-state index in [4.69, 9.17) is 36.7 Å². The molecule has 0 radical (unpaired) electrons. The number of hydrogen-bond acceptors (Lipinski definition) is 12. The Morgan fingerprint density at radius 3 is 2.81 bits per heavy atom. The summed E-state index contributed by atoms with van der Waals surface area (Å²) in [5, 5.41) is 17.9. The van der Waals surface area contributed by atoms with Gasteiger partial charge in [-0.15, -0.1) is 0 Å². The smallest absolute Gasteiger partial charge is 0.342 e. The first-order valence-corrected chi connectivity index (χ1v) is 12.9. The third kappa shape index (κ3) is 6.86. The topological polar surface area (TPSA) is 159 Å². The number of nitrogens with two attached hydrogens (primary N) is 1. The van der Waals surface area contributed by atoms with E-state index in [-0.39, 0.29) is 29.5 Å². The van der Waals surface area contributed by atoms with Gasteiger partial charge in [0.15, 0.2) is 5.82 Å². The van der Waals surface area contributed by atoms with Crippen LogP contribution in [0.4, 0.5) is 0 Å². The van der Waals surface area contributed by atoms with Crippen LogP contribution in [0.2, 0.25) is 0 Å². The second-order valence-corrected chi connectivity index (χ2v) is 9.87. The van der Waals surface area contributed by atoms with Crippen LogP contribution in [0.25, 0.3) is 0 Å². The van der Waals surface area contributed by atoms with E-state index in [1.54, 1.807) is 13.8 Å². The molecule has 196 valence electrons. The fourth-order valence-corrected chi connectivity index (χ4v) is 4.96. The minimum atomic E-state index is -1.19. The van der Waals surface area contributed by atoms with Gasteiger partial charge in [-0.25, -0.2) is 4.79 Å². The van der Waals surface area contributed by atoms with E-state index in [0.29, 0.717) is 52.2 Å². The van der Waals surface area contributed by atoms with Gasteiger partial charge in [-0.1, -0.05) is 17.4 Å². The Balaban J connectivity index is 1.98. The van der Waals surface area contributed by atoms with Crippen molar-refractivity contribution in [1.29, 1.82) is 0 Å². The average Bonchev–Trinajstić information content (AvgIpc) is 3.25. The summed E-state index contributed by atoms with van der Waals surface area (Å²) in [5.74, 6) is 0.344. The van der Waals surface area contributed by atoms with Gasteiger partial charge in [0.2, 0.25) is 12.2 Å². The number of cyclic esters (lactones) is 1. The van der Waals surface area contributed by atoms with Crippen molar-refractivity contribution in [2.45, 2.75) is 64.2 Å². The van der Waals surface area contributed by atoms with Crippen LogP contribution in [0.1, 0.15) is 65.4 Å². The van der Waals surface area contributed by atoms with Gasteiger partial charge < -0.3 is 34.9 Å². The maximum absolute atomic E-state index is 13.3. The number of benzene rings is 1. The van der Waals surface area contributed by atoms with E-state index < -0.39 is 24.3 Å². The Kier molecular flexibility index (Phi) is 9.51. The van der Waals surface area contributed by atoms with Crippen molar-refractivity contribution in [1.82, 2.24) is 15.5 Å². The summed E-state index contributed by atoms with van der Waals surface area (Å²) in [4.78, 5) is 30.4. The molecular weight excluding hydrogens is 508 g/mol. The highest BCUT2D eigenvalue weighted by Crippen LogP contribution is 2.36. The Bertz CT molecular complexity index is 1120. The number of thiocarbonyl (C=S) groups is 1. The lowest BCUT2D eigenvalue weighted by molar-refractivity contribution is -0.170. The number of phenols is 1. The van der Waals surface area contributed by atoms with Crippen LogP contribution in [-0.4, -0.2) is 57.4 Å². The van der Waals surface area contributed by atoms with Crippen molar-refractivity contribution in [3.63, 3.8) is 0 Å². The number of methoxy groups -OCH3 is 1. The zero-order valence-electron chi connectivity index (χ0n) is 20.5. The van der Waals surface area contributed by atoms with E-state index >= 15 is 0 Å². The van der Waals surface area contributed by atoms with Crippen LogP contribution in [0.3, 0.4) is 0 Å². The van der Waals surface area contributed by atoms with Crippen molar-refractivity contribution in [2.24, 2.45) is 5.73 Å². The molecule has 1 aromatic carbocycles. The number of nitrogens with one attached hydrogen (secondary N) is 1. The Labute approximate surface area is 218 Å². The number of fused-ring (bicyclic) bond motifs is 1. The van der Waals surface area contributed by atoms with E-state index in [1.807, 2.05) is 0 Å². The fraction of sp³-hybridized carbons (Fsp3) is 0.522. The van der Waals surface area contributed by atoms with Crippen molar-refractivity contribution in [3.05, 3.63) is 34.5 Å². The molecule has 4 N–H and O–H groups in total. The number of aromatic hydroxyl groups is 1. The molecule has 0 spiro atoms. The van der Waals surface area contributed by atoms with E-state index in [1.165, 1.54) is 31.9 Å². The summed E-state index contributed by atoms with van der Waals surface area (Å²) < 4.78 is 21.6. The molecule has 3 rings (SSSR count). The molecule has 2 heterocycles. The third-order valence-electron chi connectivity index (χ3n) is 5.46. The predicted octanol–water partition coefficient (Wildman–Crippen LogP) is 2.85. The number of carbonyl (C=O) groups is 2. The van der Waals surface area contributed by atoms with Crippen LogP contribution < -0.4 is 15.8 Å². The average molecular weight is 539 g/mol. The molecule has 36 heavy (non-hydrogen) atoms. The minimum absolute atomic E-state index is 0.123. The summed E-state index contributed by atoms with van der Waals surface area (Å²) in [7, 11) is 1.44. The first-order chi connectivity index (χ1) is 17.1. The number of phenolic OH excluding ortho intramolecular Hbond substituents is 1. The summed E-state index contributed by atoms with van der Waals surface area (Å²) >= 11 is 6.93. The van der Waals surface area contributed by atoms with Crippen LogP contribution >= 0.6 is 24.0 Å². The molecule has 0 amide bonds. The third-order valence-corrected chi connectivity index (χ3v) is 6.84. The predicted molar refractivity (Wildman–Crippen MR) is 136 cm³/mol. The first kappa shape index (κ1) is 27.7. The molecule has 0 saturated carbocycles. The molecule has 0 aliphatic carbocycles. The van der Waals surface area contributed by atoms with Gasteiger partial charge in [0.05, 0.1) is 17.7 Å². The molecule has 1 aliphatic rings. The number of aryl methyl sites for hydroxylation is 1. The van der Waals surface area contributed by atoms with Gasteiger partial charge in [-0.2, -0.15) is 16.7 Å². The quantitative estimate of drug-likeness (QED) is 0.385. The number of rotatable bonds is 4. The monoisotopic (exact) mass is 538 g/mol. The van der Waals surface area contributed by atoms with E-state index in [0.717, 1.165) is 0 Å². The molecule has 1 aliphatic heterocycles. The Morgan fingerprint density at radius 2 is 2.17 bits per heavy atom. The highest BCUT2D eigenvalue weighted by Gasteiger charge is 2.29. The second kappa shape index (κ2) is 12.4. The molecule has 11 nitrogen and oxygen atoms in total. The molecule has 1 aromatic heterocycles. The lowest BCUT2D eigenvalue weighted by Gasteiger charge is -2.23. The largest absolute Gasteiger partial charge is 0.507 e. The molecule has 0 fully saturated rings. The Morgan fingerprint density at radius 1 is 1.42 bits per heavy atom. The number of aromatic nitrogens is 2. The van der Waals surface area contributed by atoms with E-state index in [2.05, 4.69) is 15.5 Å². The van der Waals surface area contributed by atoms with Crippen LogP contribution in [-0.2, 0) is 20.0 Å².